The maximum absolute atomic E-state index is 11.7. The van der Waals surface area contributed by atoms with Gasteiger partial charge in [-0.3, -0.25) is 14.9 Å². The zero-order valence-electron chi connectivity index (χ0n) is 13.8. The molecule has 2 heterocycles. The third kappa shape index (κ3) is 5.37. The van der Waals surface area contributed by atoms with Gasteiger partial charge in [0.2, 0.25) is 11.8 Å². The van der Waals surface area contributed by atoms with Gasteiger partial charge in [-0.25, -0.2) is 4.79 Å². The van der Waals surface area contributed by atoms with E-state index >= 15 is 0 Å². The Morgan fingerprint density at radius 1 is 1.32 bits per heavy atom. The van der Waals surface area contributed by atoms with Gasteiger partial charge in [-0.1, -0.05) is 33.9 Å². The number of carbonyl (C=O) groups excluding carboxylic acids is 3. The van der Waals surface area contributed by atoms with Crippen molar-refractivity contribution in [2.45, 2.75) is 42.6 Å². The molecule has 2 aliphatic heterocycles. The van der Waals surface area contributed by atoms with E-state index in [1.165, 1.54) is 0 Å². The summed E-state index contributed by atoms with van der Waals surface area (Å²) in [7, 11) is 0. The van der Waals surface area contributed by atoms with Gasteiger partial charge in [-0.2, -0.15) is 0 Å². The summed E-state index contributed by atoms with van der Waals surface area (Å²) >= 11 is 3.74. The molecule has 0 aliphatic carbocycles. The molecular formula is C15H23IN5O3S+. The zero-order valence-corrected chi connectivity index (χ0v) is 16.8. The molecular weight excluding hydrogens is 457 g/mol. The second kappa shape index (κ2) is 9.47. The Bertz CT molecular complexity index is 570. The monoisotopic (exact) mass is 480 g/mol. The number of thioether (sulfide) groups is 1. The largest absolute Gasteiger partial charge is 0.386 e. The molecule has 4 N–H and O–H groups in total. The van der Waals surface area contributed by atoms with Gasteiger partial charge in [0.15, 0.2) is 0 Å². The molecule has 2 rings (SSSR count). The fourth-order valence-electron chi connectivity index (χ4n) is 3.00. The fourth-order valence-corrected chi connectivity index (χ4v) is 4.88. The van der Waals surface area contributed by atoms with Gasteiger partial charge >= 0.3 is 11.7 Å². The van der Waals surface area contributed by atoms with Gasteiger partial charge in [-0.05, 0) is 12.8 Å². The number of amides is 4. The smallest absolute Gasteiger partial charge is 0.354 e. The Morgan fingerprint density at radius 2 is 2.04 bits per heavy atom. The maximum Gasteiger partial charge on any atom is 0.386 e. The molecule has 25 heavy (non-hydrogen) atoms. The molecule has 0 aromatic rings. The number of unbranched alkanes of at least 4 members (excludes halogenated alkanes) is 1. The number of fused-ring (bicyclic) bond motifs is 1. The van der Waals surface area contributed by atoms with E-state index in [0.29, 0.717) is 29.7 Å². The Balaban J connectivity index is 1.59. The summed E-state index contributed by atoms with van der Waals surface area (Å²) < 4.78 is 0.417. The van der Waals surface area contributed by atoms with Crippen LogP contribution in [0.5, 0.6) is 0 Å². The number of hydrogen-bond donors (Lipinski definition) is 4. The van der Waals surface area contributed by atoms with Crippen LogP contribution in [0.2, 0.25) is 0 Å². The SMILES string of the molecule is C#[N+][C@]12CSC(CCCCC(=O)NCCNC(=O)CI)[C@H]1NC(=O)N2. The van der Waals surface area contributed by atoms with E-state index in [2.05, 4.69) is 26.1 Å². The van der Waals surface area contributed by atoms with Crippen molar-refractivity contribution in [2.75, 3.05) is 23.3 Å². The number of hydrogen-bond acceptors (Lipinski definition) is 4. The van der Waals surface area contributed by atoms with Crippen LogP contribution in [-0.4, -0.2) is 58.1 Å². The first kappa shape index (κ1) is 20.1. The van der Waals surface area contributed by atoms with Crippen molar-refractivity contribution >= 4 is 52.2 Å². The van der Waals surface area contributed by atoms with E-state index in [1.807, 2.05) is 22.6 Å². The Kier molecular flexibility index (Phi) is 7.61. The molecule has 8 nitrogen and oxygen atoms in total. The van der Waals surface area contributed by atoms with E-state index in [1.54, 1.807) is 11.8 Å². The maximum atomic E-state index is 11.7. The molecule has 4 amide bonds. The van der Waals surface area contributed by atoms with Gasteiger partial charge < -0.3 is 16.0 Å². The van der Waals surface area contributed by atoms with Crippen molar-refractivity contribution in [3.05, 3.63) is 4.85 Å². The molecule has 138 valence electrons. The third-order valence-corrected chi connectivity index (χ3v) is 6.52. The Morgan fingerprint density at radius 3 is 2.72 bits per heavy atom. The first-order valence-electron chi connectivity index (χ1n) is 8.22. The third-order valence-electron chi connectivity index (χ3n) is 4.28. The average Bonchev–Trinajstić information content (AvgIpc) is 3.10. The molecule has 2 saturated heterocycles. The van der Waals surface area contributed by atoms with Gasteiger partial charge in [0.05, 0.1) is 10.2 Å². The highest BCUT2D eigenvalue weighted by Crippen LogP contribution is 2.40. The van der Waals surface area contributed by atoms with Crippen molar-refractivity contribution in [1.29, 1.82) is 0 Å². The van der Waals surface area contributed by atoms with Crippen molar-refractivity contribution < 1.29 is 14.4 Å². The summed E-state index contributed by atoms with van der Waals surface area (Å²) in [6.45, 7) is 6.39. The molecule has 0 bridgehead atoms. The molecule has 1 unspecified atom stereocenters. The van der Waals surface area contributed by atoms with Gasteiger partial charge in [-0.15, -0.1) is 11.8 Å². The van der Waals surface area contributed by atoms with Crippen LogP contribution in [0, 0.1) is 6.57 Å². The molecule has 0 spiro atoms. The second-order valence-corrected chi connectivity index (χ2v) is 8.05. The summed E-state index contributed by atoms with van der Waals surface area (Å²) in [6.07, 6.45) is 3.03. The fraction of sp³-hybridized carbons (Fsp3) is 0.733. The highest BCUT2D eigenvalue weighted by Gasteiger charge is 2.63. The van der Waals surface area contributed by atoms with Crippen LogP contribution >= 0.6 is 34.4 Å². The number of urea groups is 1. The predicted octanol–water partition coefficient (Wildman–Crippen LogP) is 0.670. The van der Waals surface area contributed by atoms with Gasteiger partial charge in [0, 0.05) is 24.8 Å². The minimum Gasteiger partial charge on any atom is -0.354 e. The molecule has 0 aromatic carbocycles. The van der Waals surface area contributed by atoms with Crippen molar-refractivity contribution in [3.8, 4) is 6.57 Å². The number of nitrogens with zero attached hydrogens (tertiary/aromatic N) is 1. The first-order valence-corrected chi connectivity index (χ1v) is 10.8. The molecule has 2 fully saturated rings. The van der Waals surface area contributed by atoms with Crippen molar-refractivity contribution in [2.24, 2.45) is 0 Å². The van der Waals surface area contributed by atoms with Crippen LogP contribution < -0.4 is 21.3 Å². The van der Waals surface area contributed by atoms with E-state index in [9.17, 15) is 14.4 Å². The van der Waals surface area contributed by atoms with Crippen LogP contribution in [0.1, 0.15) is 25.7 Å². The highest BCUT2D eigenvalue weighted by atomic mass is 127. The van der Waals surface area contributed by atoms with Crippen LogP contribution in [0.3, 0.4) is 0 Å². The number of alkyl halides is 1. The Hall–Kier alpha value is -1.22. The predicted molar refractivity (Wildman–Crippen MR) is 106 cm³/mol. The molecule has 2 aliphatic rings. The number of rotatable bonds is 9. The van der Waals surface area contributed by atoms with Crippen LogP contribution in [0.25, 0.3) is 4.85 Å². The van der Waals surface area contributed by atoms with E-state index < -0.39 is 5.66 Å². The minimum absolute atomic E-state index is 0.00932. The first-order chi connectivity index (χ1) is 12.0. The standard InChI is InChI=1S/C15H22IN5O3S/c1-17-15-9-25-10(13(15)20-14(24)21-15)4-2-3-5-11(22)18-6-7-19-12(23)8-16/h1,10,13H,2-9H2,(H3-,18,19,20,21,22,23,24)/p+1/t10?,13-,15+/m1/s1. The zero-order chi connectivity index (χ0) is 18.3. The normalized spacial score (nSPS) is 27.0. The highest BCUT2D eigenvalue weighted by molar-refractivity contribution is 14.1. The molecule has 0 saturated carbocycles. The second-order valence-electron chi connectivity index (χ2n) is 6.06. The minimum atomic E-state index is -0.688. The molecule has 10 heteroatoms. The molecule has 3 atom stereocenters. The summed E-state index contributed by atoms with van der Waals surface area (Å²) in [6, 6.07) is -0.316. The van der Waals surface area contributed by atoms with Crippen molar-refractivity contribution in [3.63, 3.8) is 0 Å². The summed E-state index contributed by atoms with van der Waals surface area (Å²) in [5.74, 6) is 0.628. The van der Waals surface area contributed by atoms with Crippen LogP contribution in [0.4, 0.5) is 4.79 Å². The Labute approximate surface area is 165 Å². The molecule has 0 radical (unpaired) electrons. The number of nitrogens with one attached hydrogen (secondary N) is 4. The average molecular weight is 480 g/mol. The summed E-state index contributed by atoms with van der Waals surface area (Å²) in [5.41, 5.74) is -0.688. The van der Waals surface area contributed by atoms with E-state index in [4.69, 9.17) is 6.57 Å². The van der Waals surface area contributed by atoms with E-state index in [-0.39, 0.29) is 29.1 Å². The van der Waals surface area contributed by atoms with Crippen LogP contribution in [0.15, 0.2) is 0 Å². The quantitative estimate of drug-likeness (QED) is 0.169. The lowest BCUT2D eigenvalue weighted by molar-refractivity contribution is -0.122. The van der Waals surface area contributed by atoms with Gasteiger partial charge in [0.1, 0.15) is 6.04 Å². The number of halogens is 1. The lowest BCUT2D eigenvalue weighted by Gasteiger charge is -2.15. The molecule has 0 aromatic heterocycles. The van der Waals surface area contributed by atoms with Crippen molar-refractivity contribution in [1.82, 2.24) is 21.3 Å². The summed E-state index contributed by atoms with van der Waals surface area (Å²) in [4.78, 5) is 38.2. The lowest BCUT2D eigenvalue weighted by Crippen LogP contribution is -2.47. The van der Waals surface area contributed by atoms with Crippen LogP contribution in [-0.2, 0) is 9.59 Å². The topological polar surface area (TPSA) is 104 Å². The summed E-state index contributed by atoms with van der Waals surface area (Å²) in [5, 5.41) is 11.4. The lowest BCUT2D eigenvalue weighted by atomic mass is 9.98. The van der Waals surface area contributed by atoms with E-state index in [0.717, 1.165) is 19.3 Å². The van der Waals surface area contributed by atoms with Gasteiger partial charge in [0.25, 0.3) is 6.57 Å². The number of carbonyl (C=O) groups is 3.